The largest absolute Gasteiger partial charge is 0.454 e. The van der Waals surface area contributed by atoms with E-state index in [1.54, 1.807) is 6.33 Å². The van der Waals surface area contributed by atoms with E-state index in [9.17, 15) is 0 Å². The summed E-state index contributed by atoms with van der Waals surface area (Å²) in [7, 11) is 0. The van der Waals surface area contributed by atoms with E-state index >= 15 is 0 Å². The SMILES string of the molecule is Nc1ncn(CCc2ccc3ccccc3c2)c2nc(Sc3cc4c(cc3Br)OCO4)nc1-2. The van der Waals surface area contributed by atoms with Crippen LogP contribution in [-0.4, -0.2) is 26.3 Å². The molecule has 0 saturated carbocycles. The van der Waals surface area contributed by atoms with Crippen LogP contribution in [0.3, 0.4) is 0 Å². The van der Waals surface area contributed by atoms with E-state index in [-0.39, 0.29) is 6.79 Å². The van der Waals surface area contributed by atoms with Crippen molar-refractivity contribution in [3.8, 4) is 23.0 Å². The van der Waals surface area contributed by atoms with Gasteiger partial charge in [0.1, 0.15) is 0 Å². The summed E-state index contributed by atoms with van der Waals surface area (Å²) in [6.45, 7) is 0.949. The number of anilines is 1. The van der Waals surface area contributed by atoms with Gasteiger partial charge in [-0.15, -0.1) is 0 Å². The smallest absolute Gasteiger partial charge is 0.231 e. The fourth-order valence-corrected chi connectivity index (χ4v) is 5.22. The summed E-state index contributed by atoms with van der Waals surface area (Å²) in [5.41, 5.74) is 7.98. The second kappa shape index (κ2) is 8.24. The molecule has 0 aliphatic carbocycles. The van der Waals surface area contributed by atoms with Crippen LogP contribution in [0.25, 0.3) is 22.3 Å². The summed E-state index contributed by atoms with van der Waals surface area (Å²) in [6, 6.07) is 18.7. The molecule has 3 aliphatic heterocycles. The lowest BCUT2D eigenvalue weighted by Crippen LogP contribution is -2.10. The van der Waals surface area contributed by atoms with Gasteiger partial charge in [0.2, 0.25) is 6.79 Å². The molecule has 33 heavy (non-hydrogen) atoms. The van der Waals surface area contributed by atoms with E-state index in [4.69, 9.17) is 20.2 Å². The van der Waals surface area contributed by atoms with Crippen LogP contribution in [-0.2, 0) is 13.0 Å². The summed E-state index contributed by atoms with van der Waals surface area (Å²) in [6.07, 6.45) is 2.58. The van der Waals surface area contributed by atoms with E-state index in [1.807, 2.05) is 16.7 Å². The average Bonchev–Trinajstić information content (AvgIpc) is 3.46. The maximum atomic E-state index is 6.12. The van der Waals surface area contributed by atoms with Crippen molar-refractivity contribution in [1.29, 1.82) is 0 Å². The Morgan fingerprint density at radius 2 is 1.82 bits per heavy atom. The molecule has 0 unspecified atom stereocenters. The number of nitrogens with two attached hydrogens (primary N) is 1. The van der Waals surface area contributed by atoms with Crippen molar-refractivity contribution in [1.82, 2.24) is 19.5 Å². The van der Waals surface area contributed by atoms with Crippen LogP contribution < -0.4 is 15.2 Å². The fourth-order valence-electron chi connectivity index (χ4n) is 3.86. The first-order valence-electron chi connectivity index (χ1n) is 10.4. The molecular formula is C24H18BrN5O2S. The molecule has 0 radical (unpaired) electrons. The van der Waals surface area contributed by atoms with Crippen LogP contribution in [0.1, 0.15) is 5.56 Å². The highest BCUT2D eigenvalue weighted by atomic mass is 79.9. The van der Waals surface area contributed by atoms with Gasteiger partial charge in [-0.25, -0.2) is 15.0 Å². The third kappa shape index (κ3) is 3.87. The first-order chi connectivity index (χ1) is 16.1. The fraction of sp³-hybridized carbons (Fsp3) is 0.125. The second-order valence-electron chi connectivity index (χ2n) is 7.67. The topological polar surface area (TPSA) is 88.1 Å². The number of imidazole rings is 1. The number of nitrogen functional groups attached to an aromatic ring is 1. The van der Waals surface area contributed by atoms with Crippen molar-refractivity contribution >= 4 is 44.3 Å². The Balaban J connectivity index is 1.27. The maximum absolute atomic E-state index is 6.12. The standard InChI is InChI=1S/C24H18BrN5O2S/c25-17-10-18-19(32-13-31-18)11-20(17)33-24-28-21-22(26)27-12-30(23(21)29-24)8-7-14-5-6-15-3-1-2-4-16(15)9-14/h1-6,9-12H,7-8,13,26H2. The molecular weight excluding hydrogens is 502 g/mol. The van der Waals surface area contributed by atoms with Gasteiger partial charge in [0, 0.05) is 15.9 Å². The average molecular weight is 520 g/mol. The number of hydrogen-bond donors (Lipinski definition) is 1. The number of halogens is 1. The number of rotatable bonds is 5. The van der Waals surface area contributed by atoms with Gasteiger partial charge in [-0.3, -0.25) is 0 Å². The molecule has 0 spiro atoms. The van der Waals surface area contributed by atoms with E-state index in [2.05, 4.69) is 68.4 Å². The predicted octanol–water partition coefficient (Wildman–Crippen LogP) is 5.40. The molecule has 6 rings (SSSR count). The molecule has 0 amide bonds. The Kier molecular flexibility index (Phi) is 5.07. The minimum absolute atomic E-state index is 0.228. The minimum atomic E-state index is 0.228. The number of nitrogens with zero attached hydrogens (tertiary/aromatic N) is 4. The van der Waals surface area contributed by atoms with E-state index in [0.717, 1.165) is 33.9 Å². The lowest BCUT2D eigenvalue weighted by atomic mass is 10.1. The van der Waals surface area contributed by atoms with Crippen molar-refractivity contribution in [2.45, 2.75) is 23.0 Å². The van der Waals surface area contributed by atoms with Gasteiger partial charge in [-0.05, 0) is 62.6 Å². The first kappa shape index (κ1) is 20.3. The number of benzene rings is 3. The number of aryl methyl sites for hydroxylation is 2. The Morgan fingerprint density at radius 3 is 2.70 bits per heavy atom. The normalized spacial score (nSPS) is 12.6. The third-order valence-electron chi connectivity index (χ3n) is 5.56. The summed E-state index contributed by atoms with van der Waals surface area (Å²) in [5.74, 6) is 2.53. The van der Waals surface area contributed by atoms with E-state index in [1.165, 1.54) is 28.1 Å². The van der Waals surface area contributed by atoms with E-state index in [0.29, 0.717) is 22.4 Å². The number of fused-ring (bicyclic) bond motifs is 3. The summed E-state index contributed by atoms with van der Waals surface area (Å²) < 4.78 is 13.8. The minimum Gasteiger partial charge on any atom is -0.454 e. The summed E-state index contributed by atoms with van der Waals surface area (Å²) in [4.78, 5) is 14.7. The molecule has 0 bridgehead atoms. The maximum Gasteiger partial charge on any atom is 0.231 e. The zero-order valence-corrected chi connectivity index (χ0v) is 19.8. The molecule has 2 N–H and O–H groups in total. The molecule has 164 valence electrons. The van der Waals surface area contributed by atoms with Crippen LogP contribution in [0.2, 0.25) is 0 Å². The highest BCUT2D eigenvalue weighted by molar-refractivity contribution is 9.10. The highest BCUT2D eigenvalue weighted by Crippen LogP contribution is 2.43. The van der Waals surface area contributed by atoms with Crippen LogP contribution in [0, 0.1) is 0 Å². The Bertz CT molecular complexity index is 1470. The van der Waals surface area contributed by atoms with Crippen LogP contribution in [0.5, 0.6) is 11.5 Å². The molecule has 0 aromatic heterocycles. The molecule has 3 aromatic carbocycles. The van der Waals surface area contributed by atoms with E-state index < -0.39 is 0 Å². The summed E-state index contributed by atoms with van der Waals surface area (Å²) in [5, 5.41) is 3.08. The Morgan fingerprint density at radius 1 is 1.00 bits per heavy atom. The monoisotopic (exact) mass is 519 g/mol. The van der Waals surface area contributed by atoms with Gasteiger partial charge in [0.25, 0.3) is 0 Å². The molecule has 3 heterocycles. The molecule has 9 heteroatoms. The summed E-state index contributed by atoms with van der Waals surface area (Å²) >= 11 is 5.03. The zero-order valence-electron chi connectivity index (χ0n) is 17.4. The molecule has 0 saturated heterocycles. The van der Waals surface area contributed by atoms with Gasteiger partial charge in [-0.2, -0.15) is 0 Å². The third-order valence-corrected chi connectivity index (χ3v) is 7.40. The number of hydrogen-bond acceptors (Lipinski definition) is 7. The van der Waals surface area contributed by atoms with Crippen molar-refractivity contribution < 1.29 is 9.47 Å². The van der Waals surface area contributed by atoms with Crippen molar-refractivity contribution in [2.75, 3.05) is 12.5 Å². The predicted molar refractivity (Wildman–Crippen MR) is 131 cm³/mol. The number of aromatic nitrogens is 4. The van der Waals surface area contributed by atoms with Crippen LogP contribution in [0.4, 0.5) is 5.82 Å². The quantitative estimate of drug-likeness (QED) is 0.332. The number of ether oxygens (including phenoxy) is 2. The van der Waals surface area contributed by atoms with Gasteiger partial charge >= 0.3 is 0 Å². The van der Waals surface area contributed by atoms with Crippen LogP contribution in [0.15, 0.2) is 75.4 Å². The van der Waals surface area contributed by atoms with Gasteiger partial charge < -0.3 is 19.8 Å². The Labute approximate surface area is 202 Å². The first-order valence-corrected chi connectivity index (χ1v) is 12.0. The zero-order chi connectivity index (χ0) is 22.4. The van der Waals surface area contributed by atoms with Gasteiger partial charge in [-0.1, -0.05) is 42.5 Å². The van der Waals surface area contributed by atoms with Crippen molar-refractivity contribution in [3.63, 3.8) is 0 Å². The van der Waals surface area contributed by atoms with Crippen molar-refractivity contribution in [3.05, 3.63) is 71.0 Å². The Hall–Kier alpha value is -3.30. The molecule has 3 aliphatic rings. The molecule has 0 fully saturated rings. The van der Waals surface area contributed by atoms with Gasteiger partial charge in [0.05, 0.1) is 6.33 Å². The highest BCUT2D eigenvalue weighted by Gasteiger charge is 2.22. The molecule has 3 aromatic rings. The van der Waals surface area contributed by atoms with Crippen LogP contribution >= 0.6 is 27.7 Å². The second-order valence-corrected chi connectivity index (χ2v) is 9.53. The van der Waals surface area contributed by atoms with Gasteiger partial charge in [0.15, 0.2) is 34.0 Å². The lowest BCUT2D eigenvalue weighted by molar-refractivity contribution is 0.174. The molecule has 0 atom stereocenters. The lowest BCUT2D eigenvalue weighted by Gasteiger charge is -2.11. The van der Waals surface area contributed by atoms with Crippen molar-refractivity contribution in [2.24, 2.45) is 0 Å². The molecule has 7 nitrogen and oxygen atoms in total.